The van der Waals surface area contributed by atoms with Gasteiger partial charge in [-0.3, -0.25) is 4.79 Å². The SMILES string of the molecule is C=CCn1c(=O)n(CC=C)c(=O)n(CC(=O)NCCc2ccc(Cl)cc2Cl)c1=O. The standard InChI is InChI=1S/C19H20Cl2N4O4/c1-3-9-23-17(27)24(10-4-2)19(29)25(18(23)28)12-16(26)22-8-7-13-5-6-14(20)11-15(13)21/h3-6,11H,1-2,7-10,12H2,(H,22,26). The van der Waals surface area contributed by atoms with Crippen LogP contribution in [-0.2, 0) is 30.8 Å². The van der Waals surface area contributed by atoms with Crippen LogP contribution >= 0.6 is 23.2 Å². The summed E-state index contributed by atoms with van der Waals surface area (Å²) < 4.78 is 2.37. The van der Waals surface area contributed by atoms with E-state index < -0.39 is 29.5 Å². The van der Waals surface area contributed by atoms with Gasteiger partial charge in [0, 0.05) is 16.6 Å². The number of halogens is 2. The molecular formula is C19H20Cl2N4O4. The average Bonchev–Trinajstić information content (AvgIpc) is 2.67. The molecule has 0 unspecified atom stereocenters. The lowest BCUT2D eigenvalue weighted by atomic mass is 10.1. The fourth-order valence-corrected chi connectivity index (χ4v) is 3.15. The predicted octanol–water partition coefficient (Wildman–Crippen LogP) is 1.21. The van der Waals surface area contributed by atoms with Gasteiger partial charge in [-0.15, -0.1) is 13.2 Å². The highest BCUT2D eigenvalue weighted by Crippen LogP contribution is 2.20. The number of allylic oxidation sites excluding steroid dienone is 2. The van der Waals surface area contributed by atoms with Crippen molar-refractivity contribution >= 4 is 29.1 Å². The normalized spacial score (nSPS) is 10.6. The van der Waals surface area contributed by atoms with Gasteiger partial charge in [-0.05, 0) is 24.1 Å². The maximum atomic E-state index is 12.5. The average molecular weight is 439 g/mol. The Bertz CT molecular complexity index is 1070. The lowest BCUT2D eigenvalue weighted by molar-refractivity contribution is -0.121. The molecule has 0 aliphatic heterocycles. The van der Waals surface area contributed by atoms with Crippen LogP contribution in [0.4, 0.5) is 0 Å². The Morgan fingerprint density at radius 2 is 1.52 bits per heavy atom. The molecule has 8 nitrogen and oxygen atoms in total. The van der Waals surface area contributed by atoms with Crippen LogP contribution in [0.3, 0.4) is 0 Å². The minimum Gasteiger partial charge on any atom is -0.354 e. The summed E-state index contributed by atoms with van der Waals surface area (Å²) in [6, 6.07) is 5.04. The van der Waals surface area contributed by atoms with E-state index in [0.29, 0.717) is 21.0 Å². The summed E-state index contributed by atoms with van der Waals surface area (Å²) in [5.74, 6) is -0.553. The largest absolute Gasteiger partial charge is 0.354 e. The molecule has 2 aromatic rings. The van der Waals surface area contributed by atoms with E-state index in [2.05, 4.69) is 18.5 Å². The number of aromatic nitrogens is 3. The molecule has 1 N–H and O–H groups in total. The first-order chi connectivity index (χ1) is 13.8. The molecule has 1 amide bonds. The van der Waals surface area contributed by atoms with Crippen LogP contribution in [0.25, 0.3) is 0 Å². The van der Waals surface area contributed by atoms with E-state index in [0.717, 1.165) is 14.7 Å². The molecule has 1 aromatic carbocycles. The van der Waals surface area contributed by atoms with Crippen molar-refractivity contribution in [2.45, 2.75) is 26.1 Å². The van der Waals surface area contributed by atoms with E-state index in [1.807, 2.05) is 0 Å². The molecule has 0 aliphatic rings. The molecule has 2 rings (SSSR count). The lowest BCUT2D eigenvalue weighted by Crippen LogP contribution is -2.55. The van der Waals surface area contributed by atoms with Crippen LogP contribution in [0, 0.1) is 0 Å². The minimum atomic E-state index is -0.879. The number of nitrogens with one attached hydrogen (secondary N) is 1. The van der Waals surface area contributed by atoms with Crippen molar-refractivity contribution in [3.63, 3.8) is 0 Å². The van der Waals surface area contributed by atoms with E-state index >= 15 is 0 Å². The number of amides is 1. The van der Waals surface area contributed by atoms with Crippen molar-refractivity contribution in [3.05, 3.63) is 90.6 Å². The molecule has 1 heterocycles. The summed E-state index contributed by atoms with van der Waals surface area (Å²) in [6.07, 6.45) is 3.14. The molecule has 0 atom stereocenters. The van der Waals surface area contributed by atoms with Gasteiger partial charge in [-0.25, -0.2) is 28.1 Å². The smallest absolute Gasteiger partial charge is 0.337 e. The monoisotopic (exact) mass is 438 g/mol. The Balaban J connectivity index is 2.19. The van der Waals surface area contributed by atoms with Gasteiger partial charge in [-0.1, -0.05) is 41.4 Å². The van der Waals surface area contributed by atoms with Crippen LogP contribution in [0.1, 0.15) is 5.56 Å². The second-order valence-electron chi connectivity index (χ2n) is 6.07. The van der Waals surface area contributed by atoms with E-state index in [1.165, 1.54) is 12.2 Å². The molecule has 0 spiro atoms. The molecule has 29 heavy (non-hydrogen) atoms. The Hall–Kier alpha value is -2.84. The highest BCUT2D eigenvalue weighted by molar-refractivity contribution is 6.35. The lowest BCUT2D eigenvalue weighted by Gasteiger charge is -2.12. The fraction of sp³-hybridized carbons (Fsp3) is 0.263. The second kappa shape index (κ2) is 10.1. The van der Waals surface area contributed by atoms with Crippen LogP contribution in [0.2, 0.25) is 10.0 Å². The van der Waals surface area contributed by atoms with Gasteiger partial charge in [0.25, 0.3) is 0 Å². The third kappa shape index (κ3) is 5.36. The number of carbonyl (C=O) groups excluding carboxylic acids is 1. The zero-order valence-corrected chi connectivity index (χ0v) is 17.1. The van der Waals surface area contributed by atoms with E-state index in [1.54, 1.807) is 18.2 Å². The van der Waals surface area contributed by atoms with Gasteiger partial charge in [0.05, 0.1) is 13.1 Å². The molecule has 1 aromatic heterocycles. The van der Waals surface area contributed by atoms with Gasteiger partial charge in [0.15, 0.2) is 0 Å². The Kier molecular flexibility index (Phi) is 7.81. The highest BCUT2D eigenvalue weighted by atomic mass is 35.5. The number of rotatable bonds is 9. The summed E-state index contributed by atoms with van der Waals surface area (Å²) in [6.45, 7) is 6.52. The molecule has 0 bridgehead atoms. The van der Waals surface area contributed by atoms with Crippen LogP contribution in [-0.4, -0.2) is 26.2 Å². The highest BCUT2D eigenvalue weighted by Gasteiger charge is 2.16. The van der Waals surface area contributed by atoms with Gasteiger partial charge in [0.2, 0.25) is 5.91 Å². The van der Waals surface area contributed by atoms with Crippen molar-refractivity contribution in [3.8, 4) is 0 Å². The zero-order valence-electron chi connectivity index (χ0n) is 15.6. The Morgan fingerprint density at radius 1 is 0.966 bits per heavy atom. The van der Waals surface area contributed by atoms with Crippen molar-refractivity contribution in [2.24, 2.45) is 0 Å². The Labute approximate surface area is 176 Å². The molecule has 0 fully saturated rings. The van der Waals surface area contributed by atoms with Gasteiger partial charge in [0.1, 0.15) is 6.54 Å². The quantitative estimate of drug-likeness (QED) is 0.595. The van der Waals surface area contributed by atoms with Crippen molar-refractivity contribution in [2.75, 3.05) is 6.54 Å². The van der Waals surface area contributed by atoms with Crippen molar-refractivity contribution in [1.29, 1.82) is 0 Å². The predicted molar refractivity (Wildman–Crippen MR) is 113 cm³/mol. The molecular weight excluding hydrogens is 419 g/mol. The molecule has 154 valence electrons. The number of hydrogen-bond acceptors (Lipinski definition) is 4. The maximum Gasteiger partial charge on any atom is 0.337 e. The first kappa shape index (κ1) is 22.4. The summed E-state index contributed by atoms with van der Waals surface area (Å²) in [7, 11) is 0. The minimum absolute atomic E-state index is 0.0915. The second-order valence-corrected chi connectivity index (χ2v) is 6.91. The maximum absolute atomic E-state index is 12.5. The molecule has 0 saturated carbocycles. The number of nitrogens with zero attached hydrogens (tertiary/aromatic N) is 3. The first-order valence-corrected chi connectivity index (χ1v) is 9.42. The molecule has 0 radical (unpaired) electrons. The number of benzene rings is 1. The number of carbonyl (C=O) groups is 1. The summed E-state index contributed by atoms with van der Waals surface area (Å²) in [5.41, 5.74) is -1.75. The van der Waals surface area contributed by atoms with Crippen LogP contribution in [0.5, 0.6) is 0 Å². The number of hydrogen-bond donors (Lipinski definition) is 1. The van der Waals surface area contributed by atoms with Crippen molar-refractivity contribution < 1.29 is 4.79 Å². The van der Waals surface area contributed by atoms with E-state index in [9.17, 15) is 19.2 Å². The molecule has 0 saturated heterocycles. The summed E-state index contributed by atoms with van der Waals surface area (Å²) >= 11 is 11.9. The van der Waals surface area contributed by atoms with Gasteiger partial charge >= 0.3 is 17.1 Å². The zero-order chi connectivity index (χ0) is 21.6. The van der Waals surface area contributed by atoms with Gasteiger partial charge in [-0.2, -0.15) is 0 Å². The van der Waals surface area contributed by atoms with Gasteiger partial charge < -0.3 is 5.32 Å². The Morgan fingerprint density at radius 3 is 2.03 bits per heavy atom. The summed E-state index contributed by atoms with van der Waals surface area (Å²) in [5, 5.41) is 3.61. The van der Waals surface area contributed by atoms with Crippen LogP contribution < -0.4 is 22.4 Å². The third-order valence-electron chi connectivity index (χ3n) is 4.04. The third-order valence-corrected chi connectivity index (χ3v) is 4.63. The molecule has 10 heteroatoms. The van der Waals surface area contributed by atoms with E-state index in [4.69, 9.17) is 23.2 Å². The summed E-state index contributed by atoms with van der Waals surface area (Å²) in [4.78, 5) is 49.6. The van der Waals surface area contributed by atoms with E-state index in [-0.39, 0.29) is 19.6 Å². The molecule has 0 aliphatic carbocycles. The van der Waals surface area contributed by atoms with Crippen molar-refractivity contribution in [1.82, 2.24) is 19.0 Å². The fourth-order valence-electron chi connectivity index (χ4n) is 2.65. The topological polar surface area (TPSA) is 95.1 Å². The van der Waals surface area contributed by atoms with Crippen LogP contribution in [0.15, 0.2) is 57.9 Å². The first-order valence-electron chi connectivity index (χ1n) is 8.67.